The highest BCUT2D eigenvalue weighted by Gasteiger charge is 2.06. The number of rotatable bonds is 8. The molecule has 1 atom stereocenters. The average molecular weight is 252 g/mol. The molecule has 0 saturated heterocycles. The van der Waals surface area contributed by atoms with Crippen LogP contribution in [0.25, 0.3) is 0 Å². The lowest BCUT2D eigenvalue weighted by atomic mass is 10.2. The molecular weight excluding hydrogens is 228 g/mol. The monoisotopic (exact) mass is 252 g/mol. The van der Waals surface area contributed by atoms with Gasteiger partial charge in [0.2, 0.25) is 5.95 Å². The molecule has 5 heteroatoms. The number of ether oxygens (including phenoxy) is 1. The second kappa shape index (κ2) is 7.87. The standard InChI is InChI=1S/C13H24N4O/c1-5-6-14-13-16-8-11(3)12(17-13)15-7-10(2)9-18-4/h8,10H,5-7,9H2,1-4H3,(H2,14,15,16,17). The summed E-state index contributed by atoms with van der Waals surface area (Å²) in [6, 6.07) is 0. The van der Waals surface area contributed by atoms with Crippen molar-refractivity contribution >= 4 is 11.8 Å². The number of nitrogens with one attached hydrogen (secondary N) is 2. The van der Waals surface area contributed by atoms with Crippen LogP contribution in [0.3, 0.4) is 0 Å². The van der Waals surface area contributed by atoms with Gasteiger partial charge in [-0.1, -0.05) is 13.8 Å². The lowest BCUT2D eigenvalue weighted by Gasteiger charge is -2.14. The maximum Gasteiger partial charge on any atom is 0.224 e. The van der Waals surface area contributed by atoms with E-state index >= 15 is 0 Å². The number of hydrogen-bond acceptors (Lipinski definition) is 5. The third-order valence-corrected chi connectivity index (χ3v) is 2.57. The SMILES string of the molecule is CCCNc1ncc(C)c(NCC(C)COC)n1. The number of aryl methyl sites for hydroxylation is 1. The Balaban J connectivity index is 2.57. The fourth-order valence-corrected chi connectivity index (χ4v) is 1.56. The Morgan fingerprint density at radius 1 is 1.39 bits per heavy atom. The summed E-state index contributed by atoms with van der Waals surface area (Å²) in [5, 5.41) is 6.53. The van der Waals surface area contributed by atoms with Crippen molar-refractivity contribution in [1.82, 2.24) is 9.97 Å². The van der Waals surface area contributed by atoms with Crippen molar-refractivity contribution < 1.29 is 4.74 Å². The summed E-state index contributed by atoms with van der Waals surface area (Å²) in [4.78, 5) is 8.72. The van der Waals surface area contributed by atoms with E-state index in [2.05, 4.69) is 34.4 Å². The molecule has 1 aromatic heterocycles. The van der Waals surface area contributed by atoms with E-state index in [0.717, 1.165) is 37.5 Å². The van der Waals surface area contributed by atoms with Crippen LogP contribution < -0.4 is 10.6 Å². The van der Waals surface area contributed by atoms with E-state index in [1.54, 1.807) is 7.11 Å². The molecule has 1 heterocycles. The molecule has 0 fully saturated rings. The van der Waals surface area contributed by atoms with Crippen molar-refractivity contribution in [2.24, 2.45) is 5.92 Å². The number of hydrogen-bond donors (Lipinski definition) is 2. The minimum Gasteiger partial charge on any atom is -0.384 e. The highest BCUT2D eigenvalue weighted by atomic mass is 16.5. The van der Waals surface area contributed by atoms with Crippen LogP contribution >= 0.6 is 0 Å². The predicted molar refractivity (Wildman–Crippen MR) is 75.1 cm³/mol. The molecule has 0 spiro atoms. The molecule has 0 aliphatic heterocycles. The van der Waals surface area contributed by atoms with Crippen LogP contribution in [0.15, 0.2) is 6.20 Å². The van der Waals surface area contributed by atoms with Crippen LogP contribution in [0.4, 0.5) is 11.8 Å². The van der Waals surface area contributed by atoms with Gasteiger partial charge in [0.25, 0.3) is 0 Å². The molecule has 5 nitrogen and oxygen atoms in total. The second-order valence-electron chi connectivity index (χ2n) is 4.59. The molecule has 1 aromatic rings. The normalized spacial score (nSPS) is 12.2. The minimum absolute atomic E-state index is 0.455. The number of nitrogens with zero attached hydrogens (tertiary/aromatic N) is 2. The van der Waals surface area contributed by atoms with E-state index in [1.165, 1.54) is 0 Å². The Kier molecular flexibility index (Phi) is 6.43. The maximum absolute atomic E-state index is 5.11. The Labute approximate surface area is 109 Å². The van der Waals surface area contributed by atoms with E-state index in [9.17, 15) is 0 Å². The largest absolute Gasteiger partial charge is 0.384 e. The van der Waals surface area contributed by atoms with Gasteiger partial charge in [-0.2, -0.15) is 4.98 Å². The molecule has 0 aliphatic carbocycles. The summed E-state index contributed by atoms with van der Waals surface area (Å²) < 4.78 is 5.11. The van der Waals surface area contributed by atoms with Gasteiger partial charge < -0.3 is 15.4 Å². The van der Waals surface area contributed by atoms with Crippen molar-refractivity contribution in [2.75, 3.05) is 37.4 Å². The zero-order valence-electron chi connectivity index (χ0n) is 11.8. The molecule has 0 aliphatic rings. The van der Waals surface area contributed by atoms with Crippen molar-refractivity contribution in [2.45, 2.75) is 27.2 Å². The van der Waals surface area contributed by atoms with Crippen LogP contribution in [-0.4, -0.2) is 36.8 Å². The second-order valence-corrected chi connectivity index (χ2v) is 4.59. The van der Waals surface area contributed by atoms with Crippen molar-refractivity contribution in [3.05, 3.63) is 11.8 Å². The first-order valence-electron chi connectivity index (χ1n) is 6.47. The molecule has 18 heavy (non-hydrogen) atoms. The highest BCUT2D eigenvalue weighted by molar-refractivity contribution is 5.46. The van der Waals surface area contributed by atoms with E-state index in [1.807, 2.05) is 13.1 Å². The predicted octanol–water partition coefficient (Wildman–Crippen LogP) is 2.30. The van der Waals surface area contributed by atoms with Gasteiger partial charge in [0.05, 0.1) is 6.61 Å². The van der Waals surface area contributed by atoms with Gasteiger partial charge in [-0.05, 0) is 19.3 Å². The molecule has 0 bridgehead atoms. The van der Waals surface area contributed by atoms with E-state index in [-0.39, 0.29) is 0 Å². The summed E-state index contributed by atoms with van der Waals surface area (Å²) in [5.41, 5.74) is 1.06. The first-order valence-corrected chi connectivity index (χ1v) is 6.47. The van der Waals surface area contributed by atoms with Gasteiger partial charge in [0.15, 0.2) is 0 Å². The maximum atomic E-state index is 5.11. The fraction of sp³-hybridized carbons (Fsp3) is 0.692. The van der Waals surface area contributed by atoms with Crippen molar-refractivity contribution in [3.8, 4) is 0 Å². The molecule has 0 amide bonds. The van der Waals surface area contributed by atoms with Gasteiger partial charge >= 0.3 is 0 Å². The van der Waals surface area contributed by atoms with E-state index in [0.29, 0.717) is 11.9 Å². The van der Waals surface area contributed by atoms with Crippen molar-refractivity contribution in [1.29, 1.82) is 0 Å². The highest BCUT2D eigenvalue weighted by Crippen LogP contribution is 2.13. The van der Waals surface area contributed by atoms with Gasteiger partial charge in [0, 0.05) is 32.0 Å². The Hall–Kier alpha value is -1.36. The third kappa shape index (κ3) is 4.87. The Morgan fingerprint density at radius 2 is 2.17 bits per heavy atom. The molecule has 0 radical (unpaired) electrons. The summed E-state index contributed by atoms with van der Waals surface area (Å²) >= 11 is 0. The first kappa shape index (κ1) is 14.7. The summed E-state index contributed by atoms with van der Waals surface area (Å²) in [6.07, 6.45) is 2.90. The first-order chi connectivity index (χ1) is 8.67. The van der Waals surface area contributed by atoms with Crippen molar-refractivity contribution in [3.63, 3.8) is 0 Å². The number of anilines is 2. The smallest absolute Gasteiger partial charge is 0.224 e. The van der Waals surface area contributed by atoms with Gasteiger partial charge in [0.1, 0.15) is 5.82 Å². The summed E-state index contributed by atoms with van der Waals surface area (Å²) in [5.74, 6) is 2.03. The molecule has 0 aromatic carbocycles. The fourth-order valence-electron chi connectivity index (χ4n) is 1.56. The van der Waals surface area contributed by atoms with Gasteiger partial charge in [-0.15, -0.1) is 0 Å². The van der Waals surface area contributed by atoms with Gasteiger partial charge in [-0.25, -0.2) is 4.98 Å². The Bertz CT molecular complexity index is 357. The summed E-state index contributed by atoms with van der Waals surface area (Å²) in [7, 11) is 1.72. The van der Waals surface area contributed by atoms with Crippen LogP contribution in [0.2, 0.25) is 0 Å². The van der Waals surface area contributed by atoms with Crippen LogP contribution in [0.5, 0.6) is 0 Å². The Morgan fingerprint density at radius 3 is 2.83 bits per heavy atom. The van der Waals surface area contributed by atoms with Crippen LogP contribution in [0, 0.1) is 12.8 Å². The van der Waals surface area contributed by atoms with E-state index < -0.39 is 0 Å². The van der Waals surface area contributed by atoms with E-state index in [4.69, 9.17) is 4.74 Å². The molecular formula is C13H24N4O. The molecule has 1 rings (SSSR count). The number of methoxy groups -OCH3 is 1. The molecule has 1 unspecified atom stereocenters. The molecule has 0 saturated carbocycles. The minimum atomic E-state index is 0.455. The lowest BCUT2D eigenvalue weighted by Crippen LogP contribution is -2.17. The van der Waals surface area contributed by atoms with Crippen LogP contribution in [0.1, 0.15) is 25.8 Å². The molecule has 102 valence electrons. The zero-order valence-corrected chi connectivity index (χ0v) is 11.8. The van der Waals surface area contributed by atoms with Gasteiger partial charge in [-0.3, -0.25) is 0 Å². The zero-order chi connectivity index (χ0) is 13.4. The average Bonchev–Trinajstić information content (AvgIpc) is 2.36. The lowest BCUT2D eigenvalue weighted by molar-refractivity contribution is 0.164. The topological polar surface area (TPSA) is 59.1 Å². The number of aromatic nitrogens is 2. The quantitative estimate of drug-likeness (QED) is 0.743. The molecule has 2 N–H and O–H groups in total. The third-order valence-electron chi connectivity index (χ3n) is 2.57. The van der Waals surface area contributed by atoms with Crippen LogP contribution in [-0.2, 0) is 4.74 Å². The summed E-state index contributed by atoms with van der Waals surface area (Å²) in [6.45, 7) is 8.75.